The van der Waals surface area contributed by atoms with Crippen LogP contribution in [0.15, 0.2) is 23.4 Å². The van der Waals surface area contributed by atoms with Gasteiger partial charge in [-0.25, -0.2) is 0 Å². The number of rotatable bonds is 1. The third-order valence-electron chi connectivity index (χ3n) is 3.13. The summed E-state index contributed by atoms with van der Waals surface area (Å²) in [4.78, 5) is 2.43. The van der Waals surface area contributed by atoms with Crippen molar-refractivity contribution in [3.8, 4) is 0 Å². The minimum absolute atomic E-state index is 0.646. The lowest BCUT2D eigenvalue weighted by Crippen LogP contribution is -2.30. The summed E-state index contributed by atoms with van der Waals surface area (Å²) in [6.07, 6.45) is 10.1. The van der Waals surface area contributed by atoms with Gasteiger partial charge >= 0.3 is 0 Å². The maximum absolute atomic E-state index is 2.43. The molecule has 0 aromatic carbocycles. The Labute approximate surface area is 81.1 Å². The van der Waals surface area contributed by atoms with Crippen molar-refractivity contribution in [3.63, 3.8) is 0 Å². The molecule has 0 fully saturated rings. The van der Waals surface area contributed by atoms with E-state index in [1.807, 2.05) is 0 Å². The third-order valence-corrected chi connectivity index (χ3v) is 3.13. The van der Waals surface area contributed by atoms with E-state index in [1.165, 1.54) is 32.2 Å². The highest BCUT2D eigenvalue weighted by Gasteiger charge is 2.17. The maximum atomic E-state index is 2.43. The third kappa shape index (κ3) is 1.79. The first-order chi connectivity index (χ1) is 6.27. The van der Waals surface area contributed by atoms with Gasteiger partial charge in [-0.3, -0.25) is 0 Å². The van der Waals surface area contributed by atoms with Crippen molar-refractivity contribution in [2.24, 2.45) is 0 Å². The molecule has 0 atom stereocenters. The lowest BCUT2D eigenvalue weighted by atomic mass is 9.89. The first kappa shape index (κ1) is 8.86. The second-order valence-corrected chi connectivity index (χ2v) is 4.42. The van der Waals surface area contributed by atoms with E-state index in [1.54, 1.807) is 11.1 Å². The maximum Gasteiger partial charge on any atom is 0.0392 e. The van der Waals surface area contributed by atoms with Crippen LogP contribution in [0.5, 0.6) is 0 Å². The molecule has 2 rings (SSSR count). The molecule has 0 aromatic rings. The van der Waals surface area contributed by atoms with E-state index in [0.29, 0.717) is 6.04 Å². The average Bonchev–Trinajstić information content (AvgIpc) is 2.17. The molecule has 1 nitrogen and oxygen atoms in total. The van der Waals surface area contributed by atoms with Crippen molar-refractivity contribution < 1.29 is 0 Å². The summed E-state index contributed by atoms with van der Waals surface area (Å²) in [5, 5.41) is 0. The van der Waals surface area contributed by atoms with Crippen molar-refractivity contribution in [3.05, 3.63) is 23.4 Å². The summed E-state index contributed by atoms with van der Waals surface area (Å²) in [5.74, 6) is 0. The monoisotopic (exact) mass is 177 g/mol. The summed E-state index contributed by atoms with van der Waals surface area (Å²) in [7, 11) is 0. The molecule has 1 aliphatic heterocycles. The minimum atomic E-state index is 0.646. The number of allylic oxidation sites excluding steroid dienone is 2. The lowest BCUT2D eigenvalue weighted by molar-refractivity contribution is 0.323. The zero-order valence-corrected chi connectivity index (χ0v) is 8.71. The zero-order valence-electron chi connectivity index (χ0n) is 8.71. The Kier molecular flexibility index (Phi) is 2.43. The van der Waals surface area contributed by atoms with Gasteiger partial charge in [0, 0.05) is 12.6 Å². The van der Waals surface area contributed by atoms with Crippen molar-refractivity contribution >= 4 is 0 Å². The van der Waals surface area contributed by atoms with Crippen LogP contribution in [0.3, 0.4) is 0 Å². The van der Waals surface area contributed by atoms with Crippen LogP contribution >= 0.6 is 0 Å². The largest absolute Gasteiger partial charge is 0.371 e. The Bertz CT molecular complexity index is 248. The van der Waals surface area contributed by atoms with Crippen LogP contribution in [-0.2, 0) is 0 Å². The molecule has 2 aliphatic rings. The molecule has 0 unspecified atom stereocenters. The molecule has 0 saturated heterocycles. The summed E-state index contributed by atoms with van der Waals surface area (Å²) in [6, 6.07) is 0.646. The van der Waals surface area contributed by atoms with Crippen LogP contribution in [0.4, 0.5) is 0 Å². The second-order valence-electron chi connectivity index (χ2n) is 4.42. The van der Waals surface area contributed by atoms with Crippen molar-refractivity contribution in [2.45, 2.75) is 45.6 Å². The molecule has 0 amide bonds. The molecule has 1 aliphatic carbocycles. The van der Waals surface area contributed by atoms with Gasteiger partial charge in [-0.2, -0.15) is 0 Å². The summed E-state index contributed by atoms with van der Waals surface area (Å²) in [6.45, 7) is 5.71. The highest BCUT2D eigenvalue weighted by molar-refractivity contribution is 5.31. The fraction of sp³-hybridized carbons (Fsp3) is 0.667. The molecule has 1 heterocycles. The number of nitrogens with zero attached hydrogens (tertiary/aromatic N) is 1. The van der Waals surface area contributed by atoms with Gasteiger partial charge in [-0.1, -0.05) is 0 Å². The van der Waals surface area contributed by atoms with Gasteiger partial charge in [-0.15, -0.1) is 0 Å². The van der Waals surface area contributed by atoms with E-state index in [2.05, 4.69) is 31.0 Å². The average molecular weight is 177 g/mol. The van der Waals surface area contributed by atoms with E-state index in [9.17, 15) is 0 Å². The Morgan fingerprint density at radius 2 is 2.00 bits per heavy atom. The fourth-order valence-electron chi connectivity index (χ4n) is 2.19. The fourth-order valence-corrected chi connectivity index (χ4v) is 2.19. The van der Waals surface area contributed by atoms with E-state index in [0.717, 1.165) is 0 Å². The molecule has 0 aromatic heterocycles. The van der Waals surface area contributed by atoms with E-state index >= 15 is 0 Å². The van der Waals surface area contributed by atoms with Gasteiger partial charge in [0.05, 0.1) is 0 Å². The molecule has 0 bridgehead atoms. The summed E-state index contributed by atoms with van der Waals surface area (Å²) in [5.41, 5.74) is 3.32. The smallest absolute Gasteiger partial charge is 0.0392 e. The van der Waals surface area contributed by atoms with E-state index in [-0.39, 0.29) is 0 Å². The molecule has 0 spiro atoms. The number of hydrogen-bond acceptors (Lipinski definition) is 1. The predicted molar refractivity (Wildman–Crippen MR) is 56.5 cm³/mol. The molecule has 1 heteroatoms. The SMILES string of the molecule is CC(C)N1C=CC2=C(CCCC2)C1. The first-order valence-electron chi connectivity index (χ1n) is 5.42. The first-order valence-corrected chi connectivity index (χ1v) is 5.42. The topological polar surface area (TPSA) is 3.24 Å². The van der Waals surface area contributed by atoms with Crippen LogP contribution in [-0.4, -0.2) is 17.5 Å². The Morgan fingerprint density at radius 3 is 2.77 bits per heavy atom. The van der Waals surface area contributed by atoms with Gasteiger partial charge in [0.2, 0.25) is 0 Å². The van der Waals surface area contributed by atoms with Gasteiger partial charge in [-0.05, 0) is 63.0 Å². The van der Waals surface area contributed by atoms with Gasteiger partial charge in [0.25, 0.3) is 0 Å². The van der Waals surface area contributed by atoms with Crippen LogP contribution in [0, 0.1) is 0 Å². The minimum Gasteiger partial charge on any atom is -0.371 e. The lowest BCUT2D eigenvalue weighted by Gasteiger charge is -2.32. The standard InChI is InChI=1S/C12H19N/c1-10(2)13-8-7-11-5-3-4-6-12(11)9-13/h7-8,10H,3-6,9H2,1-2H3. The van der Waals surface area contributed by atoms with Crippen LogP contribution in [0.25, 0.3) is 0 Å². The van der Waals surface area contributed by atoms with Gasteiger partial charge in [0.15, 0.2) is 0 Å². The Balaban J connectivity index is 2.11. The molecular formula is C12H19N. The Hall–Kier alpha value is -0.720. The quantitative estimate of drug-likeness (QED) is 0.595. The number of hydrogen-bond donors (Lipinski definition) is 0. The van der Waals surface area contributed by atoms with E-state index in [4.69, 9.17) is 0 Å². The molecular weight excluding hydrogens is 158 g/mol. The molecule has 72 valence electrons. The molecule has 13 heavy (non-hydrogen) atoms. The van der Waals surface area contributed by atoms with Crippen LogP contribution in [0.2, 0.25) is 0 Å². The predicted octanol–water partition coefficient (Wildman–Crippen LogP) is 3.09. The van der Waals surface area contributed by atoms with Gasteiger partial charge < -0.3 is 4.90 Å². The second kappa shape index (κ2) is 3.57. The molecule has 0 saturated carbocycles. The van der Waals surface area contributed by atoms with Crippen LogP contribution < -0.4 is 0 Å². The van der Waals surface area contributed by atoms with Gasteiger partial charge in [0.1, 0.15) is 0 Å². The zero-order chi connectivity index (χ0) is 9.26. The highest BCUT2D eigenvalue weighted by Crippen LogP contribution is 2.29. The molecule has 0 N–H and O–H groups in total. The summed E-state index contributed by atoms with van der Waals surface area (Å²) < 4.78 is 0. The van der Waals surface area contributed by atoms with E-state index < -0.39 is 0 Å². The normalized spacial score (nSPS) is 22.5. The van der Waals surface area contributed by atoms with Crippen molar-refractivity contribution in [1.29, 1.82) is 0 Å². The Morgan fingerprint density at radius 1 is 1.23 bits per heavy atom. The summed E-state index contributed by atoms with van der Waals surface area (Å²) >= 11 is 0. The van der Waals surface area contributed by atoms with Crippen molar-refractivity contribution in [2.75, 3.05) is 6.54 Å². The highest BCUT2D eigenvalue weighted by atomic mass is 15.1. The van der Waals surface area contributed by atoms with Crippen LogP contribution in [0.1, 0.15) is 39.5 Å². The molecule has 0 radical (unpaired) electrons. The van der Waals surface area contributed by atoms with Crippen molar-refractivity contribution in [1.82, 2.24) is 4.90 Å².